The summed E-state index contributed by atoms with van der Waals surface area (Å²) in [6.45, 7) is 2.51. The molecule has 0 aromatic heterocycles. The van der Waals surface area contributed by atoms with Crippen molar-refractivity contribution in [3.05, 3.63) is 83.4 Å². The standard InChI is InChI=1S/C21H21NO2/c1-15(19-12-6-9-17-8-3-4-11-20(17)19)22-21(23)18-10-5-7-16(13-18)14-24-2/h3-13,15H,14H2,1-2H3,(H,22,23). The summed E-state index contributed by atoms with van der Waals surface area (Å²) in [5, 5.41) is 5.44. The first kappa shape index (κ1) is 16.2. The van der Waals surface area contributed by atoms with Crippen molar-refractivity contribution in [3.63, 3.8) is 0 Å². The molecule has 3 rings (SSSR count). The molecule has 0 aliphatic heterocycles. The van der Waals surface area contributed by atoms with Crippen LogP contribution in [0.25, 0.3) is 10.8 Å². The molecular weight excluding hydrogens is 298 g/mol. The SMILES string of the molecule is COCc1cccc(C(=O)NC(C)c2cccc3ccccc23)c1. The number of carbonyl (C=O) groups excluding carboxylic acids is 1. The van der Waals surface area contributed by atoms with Crippen LogP contribution >= 0.6 is 0 Å². The molecule has 3 aromatic carbocycles. The van der Waals surface area contributed by atoms with E-state index in [0.29, 0.717) is 12.2 Å². The van der Waals surface area contributed by atoms with Crippen LogP contribution in [0.3, 0.4) is 0 Å². The van der Waals surface area contributed by atoms with Crippen molar-refractivity contribution in [2.45, 2.75) is 19.6 Å². The Morgan fingerprint density at radius 3 is 2.62 bits per heavy atom. The molecule has 3 aromatic rings. The number of nitrogens with one attached hydrogen (secondary N) is 1. The predicted molar refractivity (Wildman–Crippen MR) is 97.0 cm³/mol. The fraction of sp³-hybridized carbons (Fsp3) is 0.190. The maximum absolute atomic E-state index is 12.6. The molecule has 0 bridgehead atoms. The second-order valence-corrected chi connectivity index (χ2v) is 5.90. The maximum atomic E-state index is 12.6. The van der Waals surface area contributed by atoms with Gasteiger partial charge >= 0.3 is 0 Å². The van der Waals surface area contributed by atoms with Crippen LogP contribution in [0, 0.1) is 0 Å². The van der Waals surface area contributed by atoms with Crippen molar-refractivity contribution < 1.29 is 9.53 Å². The Morgan fingerprint density at radius 1 is 1.04 bits per heavy atom. The molecule has 3 nitrogen and oxygen atoms in total. The van der Waals surface area contributed by atoms with E-state index < -0.39 is 0 Å². The van der Waals surface area contributed by atoms with Gasteiger partial charge in [0.15, 0.2) is 0 Å². The highest BCUT2D eigenvalue weighted by Crippen LogP contribution is 2.24. The number of methoxy groups -OCH3 is 1. The van der Waals surface area contributed by atoms with Gasteiger partial charge in [-0.15, -0.1) is 0 Å². The van der Waals surface area contributed by atoms with Crippen LogP contribution in [0.4, 0.5) is 0 Å². The molecule has 1 N–H and O–H groups in total. The van der Waals surface area contributed by atoms with Crippen LogP contribution in [0.1, 0.15) is 34.5 Å². The highest BCUT2D eigenvalue weighted by molar-refractivity contribution is 5.95. The maximum Gasteiger partial charge on any atom is 0.251 e. The zero-order chi connectivity index (χ0) is 16.9. The van der Waals surface area contributed by atoms with Crippen molar-refractivity contribution in [2.24, 2.45) is 0 Å². The highest BCUT2D eigenvalue weighted by Gasteiger charge is 2.13. The number of hydrogen-bond donors (Lipinski definition) is 1. The summed E-state index contributed by atoms with van der Waals surface area (Å²) in [4.78, 5) is 12.6. The normalized spacial score (nSPS) is 12.1. The van der Waals surface area contributed by atoms with Crippen molar-refractivity contribution in [3.8, 4) is 0 Å². The minimum atomic E-state index is -0.0756. The number of carbonyl (C=O) groups is 1. The third-order valence-corrected chi connectivity index (χ3v) is 4.14. The minimum absolute atomic E-state index is 0.0744. The van der Waals surface area contributed by atoms with Gasteiger partial charge in [-0.1, -0.05) is 54.6 Å². The summed E-state index contributed by atoms with van der Waals surface area (Å²) in [6, 6.07) is 21.9. The van der Waals surface area contributed by atoms with Gasteiger partial charge in [-0.3, -0.25) is 4.79 Å². The molecule has 3 heteroatoms. The molecule has 0 saturated carbocycles. The Balaban J connectivity index is 1.82. The molecule has 0 radical (unpaired) electrons. The number of ether oxygens (including phenoxy) is 1. The van der Waals surface area contributed by atoms with Crippen LogP contribution in [0.5, 0.6) is 0 Å². The molecule has 0 spiro atoms. The van der Waals surface area contributed by atoms with E-state index in [1.807, 2.05) is 49.4 Å². The summed E-state index contributed by atoms with van der Waals surface area (Å²) in [5.41, 5.74) is 2.76. The fourth-order valence-electron chi connectivity index (χ4n) is 2.95. The first-order valence-electron chi connectivity index (χ1n) is 8.05. The van der Waals surface area contributed by atoms with Crippen molar-refractivity contribution in [2.75, 3.05) is 7.11 Å². The lowest BCUT2D eigenvalue weighted by Crippen LogP contribution is -2.26. The molecule has 1 unspecified atom stereocenters. The van der Waals surface area contributed by atoms with Crippen molar-refractivity contribution in [1.29, 1.82) is 0 Å². The lowest BCUT2D eigenvalue weighted by Gasteiger charge is -2.17. The Labute approximate surface area is 142 Å². The Morgan fingerprint density at radius 2 is 1.79 bits per heavy atom. The van der Waals surface area contributed by atoms with Gasteiger partial charge in [0.1, 0.15) is 0 Å². The molecule has 0 aliphatic carbocycles. The lowest BCUT2D eigenvalue weighted by molar-refractivity contribution is 0.0940. The van der Waals surface area contributed by atoms with E-state index in [9.17, 15) is 4.79 Å². The zero-order valence-corrected chi connectivity index (χ0v) is 14.0. The summed E-state index contributed by atoms with van der Waals surface area (Å²) in [6.07, 6.45) is 0. The molecule has 122 valence electrons. The van der Waals surface area contributed by atoms with Crippen LogP contribution < -0.4 is 5.32 Å². The predicted octanol–water partition coefficient (Wildman–Crippen LogP) is 4.48. The topological polar surface area (TPSA) is 38.3 Å². The van der Waals surface area contributed by atoms with E-state index >= 15 is 0 Å². The number of hydrogen-bond acceptors (Lipinski definition) is 2. The van der Waals surface area contributed by atoms with E-state index in [2.05, 4.69) is 29.6 Å². The van der Waals surface area contributed by atoms with E-state index in [1.54, 1.807) is 7.11 Å². The van der Waals surface area contributed by atoms with Crippen molar-refractivity contribution >= 4 is 16.7 Å². The third kappa shape index (κ3) is 3.47. The first-order chi connectivity index (χ1) is 11.7. The molecule has 0 saturated heterocycles. The van der Waals surface area contributed by atoms with E-state index in [0.717, 1.165) is 11.1 Å². The number of benzene rings is 3. The average Bonchev–Trinajstić information content (AvgIpc) is 2.61. The van der Waals surface area contributed by atoms with Gasteiger partial charge in [-0.25, -0.2) is 0 Å². The Hall–Kier alpha value is -2.65. The van der Waals surface area contributed by atoms with Crippen LogP contribution in [0.15, 0.2) is 66.7 Å². The Bertz CT molecular complexity index is 852. The Kier molecular flexibility index (Phi) is 4.92. The molecule has 0 fully saturated rings. The van der Waals surface area contributed by atoms with Crippen LogP contribution in [-0.4, -0.2) is 13.0 Å². The highest BCUT2D eigenvalue weighted by atomic mass is 16.5. The van der Waals surface area contributed by atoms with E-state index in [1.165, 1.54) is 10.8 Å². The molecule has 1 amide bonds. The molecule has 0 heterocycles. The summed E-state index contributed by atoms with van der Waals surface area (Å²) in [5.74, 6) is -0.0756. The first-order valence-corrected chi connectivity index (χ1v) is 8.05. The minimum Gasteiger partial charge on any atom is -0.380 e. The van der Waals surface area contributed by atoms with E-state index in [4.69, 9.17) is 4.74 Å². The smallest absolute Gasteiger partial charge is 0.251 e. The molecule has 1 atom stereocenters. The van der Waals surface area contributed by atoms with Crippen LogP contribution in [-0.2, 0) is 11.3 Å². The number of amides is 1. The van der Waals surface area contributed by atoms with Gasteiger partial charge < -0.3 is 10.1 Å². The van der Waals surface area contributed by atoms with Crippen molar-refractivity contribution in [1.82, 2.24) is 5.32 Å². The second-order valence-electron chi connectivity index (χ2n) is 5.90. The molecule has 0 aliphatic rings. The monoisotopic (exact) mass is 319 g/mol. The number of rotatable bonds is 5. The van der Waals surface area contributed by atoms with E-state index in [-0.39, 0.29) is 11.9 Å². The van der Waals surface area contributed by atoms with Gasteiger partial charge in [-0.05, 0) is 41.0 Å². The number of fused-ring (bicyclic) bond motifs is 1. The van der Waals surface area contributed by atoms with Gasteiger partial charge in [0, 0.05) is 12.7 Å². The quantitative estimate of drug-likeness (QED) is 0.753. The summed E-state index contributed by atoms with van der Waals surface area (Å²) < 4.78 is 5.13. The van der Waals surface area contributed by atoms with Gasteiger partial charge in [0.05, 0.1) is 12.6 Å². The molecular formula is C21H21NO2. The average molecular weight is 319 g/mol. The lowest BCUT2D eigenvalue weighted by atomic mass is 9.99. The summed E-state index contributed by atoms with van der Waals surface area (Å²) >= 11 is 0. The summed E-state index contributed by atoms with van der Waals surface area (Å²) in [7, 11) is 1.65. The fourth-order valence-corrected chi connectivity index (χ4v) is 2.95. The third-order valence-electron chi connectivity index (χ3n) is 4.14. The van der Waals surface area contributed by atoms with Gasteiger partial charge in [0.25, 0.3) is 5.91 Å². The zero-order valence-electron chi connectivity index (χ0n) is 14.0. The second kappa shape index (κ2) is 7.28. The van der Waals surface area contributed by atoms with Gasteiger partial charge in [-0.2, -0.15) is 0 Å². The van der Waals surface area contributed by atoms with Crippen LogP contribution in [0.2, 0.25) is 0 Å². The van der Waals surface area contributed by atoms with Gasteiger partial charge in [0.2, 0.25) is 0 Å². The largest absolute Gasteiger partial charge is 0.380 e. The molecule has 24 heavy (non-hydrogen) atoms.